The third-order valence-corrected chi connectivity index (χ3v) is 5.65. The first-order chi connectivity index (χ1) is 18.1. The largest absolute Gasteiger partial charge is 0.507 e. The minimum atomic E-state index is -4.49. The van der Waals surface area contributed by atoms with Gasteiger partial charge in [-0.25, -0.2) is 8.78 Å². The van der Waals surface area contributed by atoms with Gasteiger partial charge in [0.1, 0.15) is 24.7 Å². The highest BCUT2D eigenvalue weighted by Crippen LogP contribution is 2.50. The van der Waals surface area contributed by atoms with Crippen LogP contribution in [0.15, 0.2) is 72.8 Å². The minimum absolute atomic E-state index is 0.0403. The van der Waals surface area contributed by atoms with E-state index >= 15 is 0 Å². The van der Waals surface area contributed by atoms with Crippen LogP contribution in [-0.4, -0.2) is 30.0 Å². The number of nitrogens with one attached hydrogen (secondary N) is 1. The Kier molecular flexibility index (Phi) is 7.61. The monoisotopic (exact) mass is 531 g/mol. The van der Waals surface area contributed by atoms with E-state index in [0.717, 1.165) is 23.8 Å². The quantitative estimate of drug-likeness (QED) is 0.209. The van der Waals surface area contributed by atoms with Crippen molar-refractivity contribution < 1.29 is 41.6 Å². The molecule has 4 aromatic rings. The van der Waals surface area contributed by atoms with Crippen LogP contribution in [0.4, 0.5) is 27.6 Å². The molecule has 0 aliphatic heterocycles. The van der Waals surface area contributed by atoms with Gasteiger partial charge in [-0.05, 0) is 47.5 Å². The second kappa shape index (κ2) is 10.9. The average molecular weight is 531 g/mol. The van der Waals surface area contributed by atoms with Crippen LogP contribution < -0.4 is 14.8 Å². The van der Waals surface area contributed by atoms with E-state index in [0.29, 0.717) is 0 Å². The summed E-state index contributed by atoms with van der Waals surface area (Å²) in [5, 5.41) is 23.7. The van der Waals surface area contributed by atoms with Gasteiger partial charge in [0, 0.05) is 16.8 Å². The van der Waals surface area contributed by atoms with Crippen molar-refractivity contribution in [1.29, 1.82) is 0 Å². The van der Waals surface area contributed by atoms with Crippen molar-refractivity contribution >= 4 is 5.69 Å². The van der Waals surface area contributed by atoms with Gasteiger partial charge >= 0.3 is 6.18 Å². The molecule has 10 heteroatoms. The number of aromatic hydroxyl groups is 2. The maximum atomic E-state index is 14.8. The molecule has 0 aliphatic carbocycles. The number of rotatable bonds is 8. The molecular weight excluding hydrogens is 509 g/mol. The van der Waals surface area contributed by atoms with Gasteiger partial charge in [0.15, 0.2) is 23.1 Å². The summed E-state index contributed by atoms with van der Waals surface area (Å²) in [6.07, 6.45) is -4.49. The number of alkyl halides is 3. The van der Waals surface area contributed by atoms with E-state index in [-0.39, 0.29) is 46.0 Å². The predicted octanol–water partition coefficient (Wildman–Crippen LogP) is 7.27. The second-order valence-electron chi connectivity index (χ2n) is 8.28. The van der Waals surface area contributed by atoms with Crippen molar-refractivity contribution in [2.45, 2.75) is 12.8 Å². The van der Waals surface area contributed by atoms with Gasteiger partial charge in [0.2, 0.25) is 0 Å². The van der Waals surface area contributed by atoms with Gasteiger partial charge in [-0.1, -0.05) is 36.4 Å². The third-order valence-electron chi connectivity index (χ3n) is 5.65. The Morgan fingerprint density at radius 2 is 1.58 bits per heavy atom. The molecule has 0 unspecified atom stereocenters. The molecule has 0 atom stereocenters. The molecule has 5 nitrogen and oxygen atoms in total. The lowest BCUT2D eigenvalue weighted by molar-refractivity contribution is -0.115. The summed E-state index contributed by atoms with van der Waals surface area (Å²) in [6, 6.07) is 17.4. The van der Waals surface area contributed by atoms with Gasteiger partial charge in [0.05, 0.1) is 12.7 Å². The molecule has 0 saturated carbocycles. The summed E-state index contributed by atoms with van der Waals surface area (Å²) >= 11 is 0. The summed E-state index contributed by atoms with van der Waals surface area (Å²) in [7, 11) is 1.21. The zero-order chi connectivity index (χ0) is 27.4. The molecule has 0 bridgehead atoms. The zero-order valence-corrected chi connectivity index (χ0v) is 19.9. The Labute approximate surface area is 214 Å². The van der Waals surface area contributed by atoms with Gasteiger partial charge in [-0.15, -0.1) is 0 Å². The van der Waals surface area contributed by atoms with Crippen LogP contribution in [0.1, 0.15) is 5.56 Å². The Balaban J connectivity index is 1.64. The predicted molar refractivity (Wildman–Crippen MR) is 132 cm³/mol. The topological polar surface area (TPSA) is 71.0 Å². The highest BCUT2D eigenvalue weighted by atomic mass is 19.4. The van der Waals surface area contributed by atoms with Crippen LogP contribution in [-0.2, 0) is 6.61 Å². The zero-order valence-electron chi connectivity index (χ0n) is 19.9. The lowest BCUT2D eigenvalue weighted by Crippen LogP contribution is -2.21. The van der Waals surface area contributed by atoms with Crippen molar-refractivity contribution in [3.05, 3.63) is 90.0 Å². The van der Waals surface area contributed by atoms with Crippen molar-refractivity contribution in [3.8, 4) is 45.3 Å². The van der Waals surface area contributed by atoms with Crippen LogP contribution in [0.5, 0.6) is 23.0 Å². The molecule has 0 aromatic heterocycles. The fourth-order valence-corrected chi connectivity index (χ4v) is 3.88. The van der Waals surface area contributed by atoms with Crippen LogP contribution in [0, 0.1) is 11.6 Å². The SMILES string of the molecule is COc1c(-c2ccc(NCC(F)(F)F)cc2F)cc(O)c(-c2ccc(OCc3ccccc3)c(F)c2)c1O. The van der Waals surface area contributed by atoms with E-state index in [9.17, 15) is 32.2 Å². The lowest BCUT2D eigenvalue weighted by Gasteiger charge is -2.17. The second-order valence-corrected chi connectivity index (χ2v) is 8.28. The number of anilines is 1. The van der Waals surface area contributed by atoms with E-state index in [1.165, 1.54) is 31.4 Å². The van der Waals surface area contributed by atoms with E-state index in [4.69, 9.17) is 9.47 Å². The normalized spacial score (nSPS) is 11.3. The summed E-state index contributed by atoms with van der Waals surface area (Å²) < 4.78 is 77.8. The fourth-order valence-electron chi connectivity index (χ4n) is 3.88. The molecule has 0 heterocycles. The summed E-state index contributed by atoms with van der Waals surface area (Å²) in [5.41, 5.74) is 0.451. The molecule has 0 radical (unpaired) electrons. The van der Waals surface area contributed by atoms with E-state index < -0.39 is 35.9 Å². The van der Waals surface area contributed by atoms with Crippen molar-refractivity contribution in [1.82, 2.24) is 0 Å². The molecule has 3 N–H and O–H groups in total. The molecule has 0 amide bonds. The standard InChI is InChI=1S/C28H22F5NO4/c1-37-27-20(19-9-8-18(12-21(19)29)34-15-28(31,32)33)13-23(35)25(26(27)36)17-7-10-24(22(30)11-17)38-14-16-5-3-2-4-6-16/h2-13,34-36H,14-15H2,1H3. The molecule has 0 aliphatic rings. The maximum absolute atomic E-state index is 14.8. The number of phenolic OH excluding ortho intramolecular Hbond substituents is 2. The van der Waals surface area contributed by atoms with E-state index in [2.05, 4.69) is 5.32 Å². The molecule has 4 rings (SSSR count). The average Bonchev–Trinajstić information content (AvgIpc) is 2.87. The highest BCUT2D eigenvalue weighted by molar-refractivity contribution is 5.87. The van der Waals surface area contributed by atoms with Gasteiger partial charge < -0.3 is 25.0 Å². The molecule has 0 fully saturated rings. The smallest absolute Gasteiger partial charge is 0.405 e. The molecule has 0 saturated heterocycles. The first-order valence-corrected chi connectivity index (χ1v) is 11.3. The molecule has 198 valence electrons. The Bertz CT molecular complexity index is 1440. The Morgan fingerprint density at radius 1 is 0.842 bits per heavy atom. The molecule has 38 heavy (non-hydrogen) atoms. The summed E-state index contributed by atoms with van der Waals surface area (Å²) in [4.78, 5) is 0. The summed E-state index contributed by atoms with van der Waals surface area (Å²) in [6.45, 7) is -1.22. The summed E-state index contributed by atoms with van der Waals surface area (Å²) in [5.74, 6) is -3.02. The fraction of sp³-hybridized carbons (Fsp3) is 0.143. The third kappa shape index (κ3) is 5.91. The number of ether oxygens (including phenoxy) is 2. The number of hydrogen-bond acceptors (Lipinski definition) is 5. The van der Waals surface area contributed by atoms with Gasteiger partial charge in [-0.2, -0.15) is 13.2 Å². The van der Waals surface area contributed by atoms with Crippen molar-refractivity contribution in [3.63, 3.8) is 0 Å². The van der Waals surface area contributed by atoms with E-state index in [1.807, 2.05) is 30.3 Å². The minimum Gasteiger partial charge on any atom is -0.507 e. The van der Waals surface area contributed by atoms with Crippen LogP contribution in [0.25, 0.3) is 22.3 Å². The van der Waals surface area contributed by atoms with Crippen LogP contribution in [0.2, 0.25) is 0 Å². The van der Waals surface area contributed by atoms with Crippen molar-refractivity contribution in [2.75, 3.05) is 19.0 Å². The van der Waals surface area contributed by atoms with Crippen LogP contribution >= 0.6 is 0 Å². The maximum Gasteiger partial charge on any atom is 0.405 e. The number of phenols is 2. The number of hydrogen-bond donors (Lipinski definition) is 3. The van der Waals surface area contributed by atoms with Gasteiger partial charge in [0.25, 0.3) is 0 Å². The Hall–Kier alpha value is -4.47. The van der Waals surface area contributed by atoms with Crippen LogP contribution in [0.3, 0.4) is 0 Å². The molecular formula is C28H22F5NO4. The molecule has 4 aromatic carbocycles. The lowest BCUT2D eigenvalue weighted by atomic mass is 9.96. The van der Waals surface area contributed by atoms with E-state index in [1.54, 1.807) is 0 Å². The number of methoxy groups -OCH3 is 1. The van der Waals surface area contributed by atoms with Crippen molar-refractivity contribution in [2.24, 2.45) is 0 Å². The number of halogens is 5. The van der Waals surface area contributed by atoms with Gasteiger partial charge in [-0.3, -0.25) is 0 Å². The first-order valence-electron chi connectivity index (χ1n) is 11.3. The molecule has 0 spiro atoms. The Morgan fingerprint density at radius 3 is 2.21 bits per heavy atom. The number of benzene rings is 4. The highest BCUT2D eigenvalue weighted by Gasteiger charge is 2.27. The first kappa shape index (κ1) is 26.6.